The van der Waals surface area contributed by atoms with Gasteiger partial charge in [-0.05, 0) is 29.7 Å². The van der Waals surface area contributed by atoms with E-state index < -0.39 is 6.09 Å². The summed E-state index contributed by atoms with van der Waals surface area (Å²) < 4.78 is 10.6. The average Bonchev–Trinajstić information content (AvgIpc) is 3.22. The number of primary amides is 1. The van der Waals surface area contributed by atoms with Gasteiger partial charge in [-0.2, -0.15) is 0 Å². The van der Waals surface area contributed by atoms with Gasteiger partial charge in [0.1, 0.15) is 5.69 Å². The number of ether oxygens (including phenoxy) is 2. The van der Waals surface area contributed by atoms with Crippen LogP contribution in [0, 0.1) is 0 Å². The lowest BCUT2D eigenvalue weighted by Crippen LogP contribution is -2.19. The summed E-state index contributed by atoms with van der Waals surface area (Å²) in [6.45, 7) is 5.99. The third-order valence-electron chi connectivity index (χ3n) is 4.13. The van der Waals surface area contributed by atoms with Crippen molar-refractivity contribution in [2.45, 2.75) is 26.2 Å². The number of carbonyl (C=O) groups excluding carboxylic acids is 2. The van der Waals surface area contributed by atoms with Gasteiger partial charge >= 0.3 is 6.09 Å². The molecule has 3 rings (SSSR count). The van der Waals surface area contributed by atoms with E-state index in [4.69, 9.17) is 15.2 Å². The van der Waals surface area contributed by atoms with Crippen LogP contribution in [0.5, 0.6) is 11.5 Å². The normalized spacial score (nSPS) is 11.1. The van der Waals surface area contributed by atoms with Crippen molar-refractivity contribution in [3.63, 3.8) is 0 Å². The zero-order valence-corrected chi connectivity index (χ0v) is 17.7. The molecule has 2 heterocycles. The van der Waals surface area contributed by atoms with Crippen LogP contribution in [-0.2, 0) is 5.41 Å². The maximum Gasteiger partial charge on any atom is 0.410 e. The largest absolute Gasteiger partial charge is 0.493 e. The number of anilines is 1. The SMILES string of the molecule is COc1c(OC(N)=O)ccc(-c2ccc(NC(=O)c3cscn3)nn2)c1C(C)(C)C. The first-order valence-electron chi connectivity index (χ1n) is 8.93. The molecule has 0 aliphatic rings. The Balaban J connectivity index is 1.98. The number of benzene rings is 1. The fourth-order valence-electron chi connectivity index (χ4n) is 2.96. The molecular weight excluding hydrogens is 406 g/mol. The van der Waals surface area contributed by atoms with E-state index in [2.05, 4.69) is 20.5 Å². The minimum Gasteiger partial charge on any atom is -0.493 e. The fourth-order valence-corrected chi connectivity index (χ4v) is 3.49. The van der Waals surface area contributed by atoms with E-state index in [0.717, 1.165) is 11.1 Å². The van der Waals surface area contributed by atoms with E-state index in [-0.39, 0.29) is 17.1 Å². The van der Waals surface area contributed by atoms with Crippen molar-refractivity contribution in [1.82, 2.24) is 15.2 Å². The zero-order chi connectivity index (χ0) is 21.9. The minimum absolute atomic E-state index is 0.221. The molecule has 3 N–H and O–H groups in total. The smallest absolute Gasteiger partial charge is 0.410 e. The summed E-state index contributed by atoms with van der Waals surface area (Å²) in [5, 5.41) is 12.7. The second kappa shape index (κ2) is 8.46. The van der Waals surface area contributed by atoms with E-state index in [1.807, 2.05) is 20.8 Å². The topological polar surface area (TPSA) is 129 Å². The lowest BCUT2D eigenvalue weighted by atomic mass is 9.82. The Morgan fingerprint density at radius 2 is 1.90 bits per heavy atom. The second-order valence-corrected chi connectivity index (χ2v) is 8.04. The fraction of sp³-hybridized carbons (Fsp3) is 0.250. The molecule has 9 nitrogen and oxygen atoms in total. The molecule has 2 amide bonds. The number of nitrogens with one attached hydrogen (secondary N) is 1. The summed E-state index contributed by atoms with van der Waals surface area (Å²) in [6, 6.07) is 6.74. The molecule has 0 unspecified atom stereocenters. The van der Waals surface area contributed by atoms with Gasteiger partial charge in [0.2, 0.25) is 0 Å². The van der Waals surface area contributed by atoms with Crippen LogP contribution in [0.2, 0.25) is 0 Å². The number of nitrogens with two attached hydrogens (primary N) is 1. The van der Waals surface area contributed by atoms with Crippen molar-refractivity contribution >= 4 is 29.2 Å². The average molecular weight is 427 g/mol. The van der Waals surface area contributed by atoms with Crippen molar-refractivity contribution in [1.29, 1.82) is 0 Å². The molecule has 0 saturated heterocycles. The summed E-state index contributed by atoms with van der Waals surface area (Å²) in [4.78, 5) is 27.3. The molecule has 0 atom stereocenters. The third kappa shape index (κ3) is 4.54. The molecule has 0 spiro atoms. The number of thiazole rings is 1. The number of hydrogen-bond acceptors (Lipinski definition) is 8. The molecular formula is C20H21N5O4S. The van der Waals surface area contributed by atoms with E-state index in [0.29, 0.717) is 23.0 Å². The molecule has 0 bridgehead atoms. The number of methoxy groups -OCH3 is 1. The highest BCUT2D eigenvalue weighted by atomic mass is 32.1. The first kappa shape index (κ1) is 21.2. The predicted octanol–water partition coefficient (Wildman–Crippen LogP) is 3.62. The van der Waals surface area contributed by atoms with Gasteiger partial charge in [-0.1, -0.05) is 20.8 Å². The van der Waals surface area contributed by atoms with Gasteiger partial charge in [0.15, 0.2) is 17.3 Å². The van der Waals surface area contributed by atoms with Crippen LogP contribution in [0.4, 0.5) is 10.6 Å². The molecule has 30 heavy (non-hydrogen) atoms. The number of nitrogens with zero attached hydrogens (tertiary/aromatic N) is 3. The Morgan fingerprint density at radius 1 is 1.13 bits per heavy atom. The molecule has 0 saturated carbocycles. The Kier molecular flexibility index (Phi) is 5.97. The standard InChI is InChI=1S/C20H21N5O4S/c1-20(2,3)16-11(5-7-14(17(16)28-4)29-19(21)27)12-6-8-15(25-24-12)23-18(26)13-9-30-10-22-13/h5-10H,1-4H3,(H2,21,27)(H,23,25,26). The van der Waals surface area contributed by atoms with Gasteiger partial charge in [-0.25, -0.2) is 9.78 Å². The van der Waals surface area contributed by atoms with Crippen LogP contribution in [-0.4, -0.2) is 34.3 Å². The van der Waals surface area contributed by atoms with Gasteiger partial charge in [0, 0.05) is 16.5 Å². The lowest BCUT2D eigenvalue weighted by molar-refractivity contribution is 0.102. The highest BCUT2D eigenvalue weighted by Crippen LogP contribution is 2.44. The van der Waals surface area contributed by atoms with E-state index in [9.17, 15) is 9.59 Å². The van der Waals surface area contributed by atoms with Gasteiger partial charge in [0.05, 0.1) is 18.3 Å². The molecule has 156 valence electrons. The number of carbonyl (C=O) groups is 2. The highest BCUT2D eigenvalue weighted by molar-refractivity contribution is 7.07. The van der Waals surface area contributed by atoms with Gasteiger partial charge in [-0.15, -0.1) is 21.5 Å². The lowest BCUT2D eigenvalue weighted by Gasteiger charge is -2.26. The van der Waals surface area contributed by atoms with Gasteiger partial charge < -0.3 is 20.5 Å². The predicted molar refractivity (Wildman–Crippen MR) is 113 cm³/mol. The summed E-state index contributed by atoms with van der Waals surface area (Å²) in [5.41, 5.74) is 8.78. The van der Waals surface area contributed by atoms with Gasteiger partial charge in [0.25, 0.3) is 5.91 Å². The third-order valence-corrected chi connectivity index (χ3v) is 4.72. The molecule has 0 fully saturated rings. The van der Waals surface area contributed by atoms with Crippen molar-refractivity contribution in [2.24, 2.45) is 5.73 Å². The van der Waals surface area contributed by atoms with Crippen LogP contribution < -0.4 is 20.5 Å². The highest BCUT2D eigenvalue weighted by Gasteiger charge is 2.28. The maximum absolute atomic E-state index is 12.1. The Bertz CT molecular complexity index is 1060. The van der Waals surface area contributed by atoms with Crippen molar-refractivity contribution in [2.75, 3.05) is 12.4 Å². The molecule has 3 aromatic rings. The molecule has 1 aromatic carbocycles. The van der Waals surface area contributed by atoms with Crippen LogP contribution in [0.1, 0.15) is 36.8 Å². The monoisotopic (exact) mass is 427 g/mol. The second-order valence-electron chi connectivity index (χ2n) is 7.32. The Hall–Kier alpha value is -3.53. The summed E-state index contributed by atoms with van der Waals surface area (Å²) in [6.07, 6.45) is -0.930. The van der Waals surface area contributed by atoms with Crippen molar-refractivity contribution in [3.05, 3.63) is 46.4 Å². The first-order chi connectivity index (χ1) is 14.2. The number of hydrogen-bond donors (Lipinski definition) is 2. The van der Waals surface area contributed by atoms with E-state index >= 15 is 0 Å². The van der Waals surface area contributed by atoms with Crippen molar-refractivity contribution < 1.29 is 19.1 Å². The molecule has 10 heteroatoms. The van der Waals surface area contributed by atoms with Crippen LogP contribution in [0.3, 0.4) is 0 Å². The first-order valence-corrected chi connectivity index (χ1v) is 9.87. The molecule has 0 aliphatic carbocycles. The van der Waals surface area contributed by atoms with Gasteiger partial charge in [-0.3, -0.25) is 4.79 Å². The maximum atomic E-state index is 12.1. The molecule has 0 radical (unpaired) electrons. The van der Waals surface area contributed by atoms with Crippen molar-refractivity contribution in [3.8, 4) is 22.8 Å². The van der Waals surface area contributed by atoms with Crippen LogP contribution in [0.15, 0.2) is 35.2 Å². The summed E-state index contributed by atoms with van der Waals surface area (Å²) in [7, 11) is 1.49. The van der Waals surface area contributed by atoms with Crippen LogP contribution in [0.25, 0.3) is 11.3 Å². The summed E-state index contributed by atoms with van der Waals surface area (Å²) in [5.74, 6) is 0.554. The quantitative estimate of drug-likeness (QED) is 0.636. The zero-order valence-electron chi connectivity index (χ0n) is 16.9. The number of rotatable bonds is 5. The molecule has 2 aromatic heterocycles. The number of amides is 2. The Labute approximate surface area is 177 Å². The molecule has 0 aliphatic heterocycles. The Morgan fingerprint density at radius 3 is 2.43 bits per heavy atom. The number of aromatic nitrogens is 3. The van der Waals surface area contributed by atoms with E-state index in [1.165, 1.54) is 18.4 Å². The summed E-state index contributed by atoms with van der Waals surface area (Å²) >= 11 is 1.33. The minimum atomic E-state index is -0.930. The van der Waals surface area contributed by atoms with Crippen LogP contribution >= 0.6 is 11.3 Å². The van der Waals surface area contributed by atoms with E-state index in [1.54, 1.807) is 35.2 Å².